The van der Waals surface area contributed by atoms with Crippen LogP contribution in [0.4, 0.5) is 0 Å². The third kappa shape index (κ3) is 3.68. The number of rotatable bonds is 7. The minimum Gasteiger partial charge on any atom is -0.410 e. The molecule has 154 valence electrons. The molecule has 31 heavy (non-hydrogen) atoms. The molecule has 0 bridgehead atoms. The Kier molecular flexibility index (Phi) is 5.18. The zero-order valence-corrected chi connectivity index (χ0v) is 17.6. The van der Waals surface area contributed by atoms with Gasteiger partial charge in [0.2, 0.25) is 0 Å². The number of carbonyl (C=O) groups excluding carboxylic acids is 1. The molecule has 7 heteroatoms. The van der Waals surface area contributed by atoms with Crippen LogP contribution in [0, 0.1) is 0 Å². The summed E-state index contributed by atoms with van der Waals surface area (Å²) in [6.07, 6.45) is 4.50. The number of hydrogen-bond donors (Lipinski definition) is 2. The summed E-state index contributed by atoms with van der Waals surface area (Å²) in [6.45, 7) is 2.11. The van der Waals surface area contributed by atoms with Crippen molar-refractivity contribution in [3.8, 4) is 11.6 Å². The van der Waals surface area contributed by atoms with Crippen molar-refractivity contribution in [3.05, 3.63) is 89.7 Å². The van der Waals surface area contributed by atoms with Gasteiger partial charge >= 0.3 is 0 Å². The summed E-state index contributed by atoms with van der Waals surface area (Å²) in [7, 11) is 0. The Labute approximate surface area is 183 Å². The normalized spacial score (nSPS) is 12.3. The zero-order valence-electron chi connectivity index (χ0n) is 16.8. The summed E-state index contributed by atoms with van der Waals surface area (Å²) in [5, 5.41) is 9.04. The summed E-state index contributed by atoms with van der Waals surface area (Å²) in [5.74, 6) is 0.391. The van der Waals surface area contributed by atoms with Gasteiger partial charge in [-0.1, -0.05) is 55.5 Å². The van der Waals surface area contributed by atoms with Crippen molar-refractivity contribution < 1.29 is 9.21 Å². The molecule has 0 saturated carbocycles. The van der Waals surface area contributed by atoms with E-state index in [9.17, 15) is 4.79 Å². The maximum absolute atomic E-state index is 13.7. The molecular weight excluding hydrogens is 408 g/mol. The van der Waals surface area contributed by atoms with E-state index < -0.39 is 5.25 Å². The molecule has 1 atom stereocenters. The van der Waals surface area contributed by atoms with Crippen molar-refractivity contribution in [2.75, 3.05) is 0 Å². The van der Waals surface area contributed by atoms with Crippen molar-refractivity contribution in [1.82, 2.24) is 20.2 Å². The third-order valence-electron chi connectivity index (χ3n) is 5.24. The van der Waals surface area contributed by atoms with E-state index in [2.05, 4.69) is 33.2 Å². The van der Waals surface area contributed by atoms with Crippen molar-refractivity contribution >= 4 is 28.4 Å². The van der Waals surface area contributed by atoms with Crippen molar-refractivity contribution in [1.29, 1.82) is 0 Å². The number of benzene rings is 2. The second-order valence-electron chi connectivity index (χ2n) is 7.13. The lowest BCUT2D eigenvalue weighted by Crippen LogP contribution is -2.09. The Morgan fingerprint density at radius 1 is 1.03 bits per heavy atom. The summed E-state index contributed by atoms with van der Waals surface area (Å²) >= 11 is 1.27. The topological polar surface area (TPSA) is 87.6 Å². The largest absolute Gasteiger partial charge is 0.410 e. The Balaban J connectivity index is 1.52. The van der Waals surface area contributed by atoms with E-state index in [4.69, 9.17) is 4.42 Å². The van der Waals surface area contributed by atoms with Crippen LogP contribution in [0.15, 0.2) is 82.7 Å². The lowest BCUT2D eigenvalue weighted by molar-refractivity contribution is 0.0990. The molecule has 0 aliphatic carbocycles. The van der Waals surface area contributed by atoms with Gasteiger partial charge in [0.1, 0.15) is 10.9 Å². The number of aromatic nitrogens is 4. The van der Waals surface area contributed by atoms with Crippen LogP contribution in [0.2, 0.25) is 0 Å². The van der Waals surface area contributed by atoms with Crippen LogP contribution in [-0.2, 0) is 6.42 Å². The number of ketones is 1. The highest BCUT2D eigenvalue weighted by molar-refractivity contribution is 8.00. The molecular formula is C24H20N4O2S. The highest BCUT2D eigenvalue weighted by atomic mass is 32.2. The smallest absolute Gasteiger partial charge is 0.277 e. The van der Waals surface area contributed by atoms with Crippen molar-refractivity contribution in [2.45, 2.75) is 23.8 Å². The molecule has 0 aliphatic rings. The van der Waals surface area contributed by atoms with Crippen LogP contribution in [0.1, 0.15) is 33.7 Å². The molecule has 2 aromatic carbocycles. The number of aromatic amines is 2. The Hall–Kier alpha value is -3.58. The molecule has 0 fully saturated rings. The van der Waals surface area contributed by atoms with Gasteiger partial charge in [-0.3, -0.25) is 4.79 Å². The van der Waals surface area contributed by atoms with Crippen LogP contribution in [0.25, 0.3) is 22.5 Å². The molecule has 5 rings (SSSR count). The van der Waals surface area contributed by atoms with E-state index in [0.717, 1.165) is 28.6 Å². The van der Waals surface area contributed by atoms with Crippen molar-refractivity contribution in [2.24, 2.45) is 0 Å². The number of H-pyrrole nitrogens is 2. The molecule has 0 amide bonds. The first-order valence-corrected chi connectivity index (χ1v) is 10.9. The van der Waals surface area contributed by atoms with E-state index in [1.165, 1.54) is 17.3 Å². The molecule has 3 heterocycles. The highest BCUT2D eigenvalue weighted by Gasteiger charge is 2.28. The van der Waals surface area contributed by atoms with Gasteiger partial charge in [-0.25, -0.2) is 0 Å². The van der Waals surface area contributed by atoms with Gasteiger partial charge in [0.25, 0.3) is 11.1 Å². The number of thioether (sulfide) groups is 1. The number of hydrogen-bond acceptors (Lipinski definition) is 5. The summed E-state index contributed by atoms with van der Waals surface area (Å²) in [6, 6.07) is 19.5. The molecule has 0 saturated heterocycles. The molecule has 0 aliphatic heterocycles. The van der Waals surface area contributed by atoms with Crippen LogP contribution in [0.5, 0.6) is 0 Å². The lowest BCUT2D eigenvalue weighted by Gasteiger charge is -2.13. The fourth-order valence-electron chi connectivity index (χ4n) is 3.69. The standard InChI is InChI=1S/C24H20N4O2S/c1-2-15-10-6-11-17-18(14-26-20(15)17)21(29)22(16-8-4-3-5-9-16)31-24-28-27-23(30-24)19-12-7-13-25-19/h3-14,22,25-26H,2H2,1H3/t22-/m1/s1. The minimum absolute atomic E-state index is 0.00433. The average molecular weight is 429 g/mol. The minimum atomic E-state index is -0.512. The van der Waals surface area contributed by atoms with Crippen LogP contribution < -0.4 is 0 Å². The summed E-state index contributed by atoms with van der Waals surface area (Å²) in [5.41, 5.74) is 4.49. The SMILES string of the molecule is CCc1cccc2c(C(=O)[C@H](Sc3nnc(-c4ccc[nH]4)o3)c3ccccc3)c[nH]c12. The Morgan fingerprint density at radius 2 is 1.90 bits per heavy atom. The quantitative estimate of drug-likeness (QED) is 0.252. The fraction of sp³-hybridized carbons (Fsp3) is 0.125. The fourth-order valence-corrected chi connectivity index (χ4v) is 4.63. The molecule has 5 aromatic rings. The second kappa shape index (κ2) is 8.28. The number of para-hydroxylation sites is 1. The molecule has 0 spiro atoms. The number of nitrogens with one attached hydrogen (secondary N) is 2. The van der Waals surface area contributed by atoms with Gasteiger partial charge in [-0.15, -0.1) is 10.2 Å². The molecule has 3 aromatic heterocycles. The molecule has 2 N–H and O–H groups in total. The van der Waals surface area contributed by atoms with Gasteiger partial charge in [0.15, 0.2) is 5.78 Å². The number of carbonyl (C=O) groups is 1. The first-order valence-electron chi connectivity index (χ1n) is 10.1. The zero-order chi connectivity index (χ0) is 21.2. The monoisotopic (exact) mass is 428 g/mol. The van der Waals surface area contributed by atoms with E-state index in [1.54, 1.807) is 12.4 Å². The van der Waals surface area contributed by atoms with Gasteiger partial charge < -0.3 is 14.4 Å². The molecule has 0 unspecified atom stereocenters. The van der Waals surface area contributed by atoms with E-state index >= 15 is 0 Å². The Bertz CT molecular complexity index is 1320. The maximum atomic E-state index is 13.7. The van der Waals surface area contributed by atoms with Crippen LogP contribution in [0.3, 0.4) is 0 Å². The van der Waals surface area contributed by atoms with Crippen LogP contribution >= 0.6 is 11.8 Å². The van der Waals surface area contributed by atoms with E-state index in [-0.39, 0.29) is 5.78 Å². The second-order valence-corrected chi connectivity index (χ2v) is 8.18. The van der Waals surface area contributed by atoms with Gasteiger partial charge in [-0.05, 0) is 41.4 Å². The molecule has 0 radical (unpaired) electrons. The van der Waals surface area contributed by atoms with E-state index in [1.807, 2.05) is 54.6 Å². The van der Waals surface area contributed by atoms with E-state index in [0.29, 0.717) is 16.7 Å². The van der Waals surface area contributed by atoms with Gasteiger partial charge in [-0.2, -0.15) is 0 Å². The predicted molar refractivity (Wildman–Crippen MR) is 121 cm³/mol. The highest BCUT2D eigenvalue weighted by Crippen LogP contribution is 2.39. The average Bonchev–Trinajstić information content (AvgIpc) is 3.57. The number of nitrogens with zero attached hydrogens (tertiary/aromatic N) is 2. The van der Waals surface area contributed by atoms with Crippen LogP contribution in [-0.4, -0.2) is 25.9 Å². The summed E-state index contributed by atoms with van der Waals surface area (Å²) in [4.78, 5) is 20.1. The maximum Gasteiger partial charge on any atom is 0.277 e. The number of fused-ring (bicyclic) bond motifs is 1. The summed E-state index contributed by atoms with van der Waals surface area (Å²) < 4.78 is 5.82. The first kappa shape index (κ1) is 19.4. The third-order valence-corrected chi connectivity index (χ3v) is 6.33. The molecule has 6 nitrogen and oxygen atoms in total. The van der Waals surface area contributed by atoms with Gasteiger partial charge in [0, 0.05) is 28.9 Å². The lowest BCUT2D eigenvalue weighted by atomic mass is 10.0. The van der Waals surface area contributed by atoms with Gasteiger partial charge in [0.05, 0.1) is 0 Å². The Morgan fingerprint density at radius 3 is 2.68 bits per heavy atom. The number of aryl methyl sites for hydroxylation is 1. The first-order chi connectivity index (χ1) is 15.2. The number of Topliss-reactive ketones (excluding diaryl/α,β-unsaturated/α-hetero) is 1. The van der Waals surface area contributed by atoms with Crippen molar-refractivity contribution in [3.63, 3.8) is 0 Å². The predicted octanol–water partition coefficient (Wildman–Crippen LogP) is 5.82.